The molecule has 0 spiro atoms. The zero-order valence-electron chi connectivity index (χ0n) is 21.5. The first kappa shape index (κ1) is 23.9. The lowest BCUT2D eigenvalue weighted by Gasteiger charge is -2.47. The van der Waals surface area contributed by atoms with Crippen molar-refractivity contribution in [2.75, 3.05) is 50.1 Å². The molecule has 4 fully saturated rings. The maximum absolute atomic E-state index is 16.7. The van der Waals surface area contributed by atoms with Crippen molar-refractivity contribution < 1.29 is 9.50 Å². The standard InChI is InChI=1S/C29H30ClFN6O/c1-35(2)19-14-36(15-19)29-33-27-23(28(34-29)37-13-17-7-8-18(37)12-32-17)11-24(30)25(26(27)31)22-10-20(38)9-16-5-3-4-6-21(16)22/h3-6,9-11,17-19,32,38H,7-8,12-15H2,1-2H3/t17-,18?/m1/s1. The Kier molecular flexibility index (Phi) is 5.61. The van der Waals surface area contributed by atoms with Crippen LogP contribution in [0.1, 0.15) is 12.8 Å². The summed E-state index contributed by atoms with van der Waals surface area (Å²) >= 11 is 6.86. The van der Waals surface area contributed by atoms with E-state index in [1.165, 1.54) is 0 Å². The second kappa shape index (κ2) is 8.93. The molecule has 9 heteroatoms. The Hall–Kier alpha value is -3.20. The monoisotopic (exact) mass is 532 g/mol. The molecule has 5 heterocycles. The van der Waals surface area contributed by atoms with E-state index >= 15 is 4.39 Å². The van der Waals surface area contributed by atoms with Crippen molar-refractivity contribution >= 4 is 45.0 Å². The average molecular weight is 533 g/mol. The number of piperidine rings is 2. The molecular formula is C29H30ClFN6O. The summed E-state index contributed by atoms with van der Waals surface area (Å²) in [4.78, 5) is 16.5. The molecule has 2 atom stereocenters. The molecule has 4 aliphatic rings. The van der Waals surface area contributed by atoms with E-state index in [0.29, 0.717) is 35.0 Å². The number of nitrogens with zero attached hydrogens (tertiary/aromatic N) is 5. The molecule has 4 saturated heterocycles. The molecule has 4 aliphatic heterocycles. The topological polar surface area (TPSA) is 67.8 Å². The van der Waals surface area contributed by atoms with Crippen LogP contribution in [0.2, 0.25) is 5.02 Å². The van der Waals surface area contributed by atoms with Crippen LogP contribution in [-0.4, -0.2) is 78.4 Å². The Morgan fingerprint density at radius 1 is 1.05 bits per heavy atom. The van der Waals surface area contributed by atoms with E-state index in [1.807, 2.05) is 30.3 Å². The van der Waals surface area contributed by atoms with Crippen LogP contribution in [0.25, 0.3) is 32.8 Å². The summed E-state index contributed by atoms with van der Waals surface area (Å²) in [5.41, 5.74) is 1.06. The minimum atomic E-state index is -0.488. The fourth-order valence-electron chi connectivity index (χ4n) is 6.19. The van der Waals surface area contributed by atoms with Gasteiger partial charge in [0, 0.05) is 55.3 Å². The van der Waals surface area contributed by atoms with Crippen molar-refractivity contribution in [2.24, 2.45) is 0 Å². The van der Waals surface area contributed by atoms with Gasteiger partial charge < -0.3 is 25.1 Å². The van der Waals surface area contributed by atoms with Crippen molar-refractivity contribution in [1.29, 1.82) is 0 Å². The van der Waals surface area contributed by atoms with Gasteiger partial charge in [-0.25, -0.2) is 9.37 Å². The number of phenolic OH excluding ortho intramolecular Hbond substituents is 1. The second-order valence-corrected chi connectivity index (χ2v) is 11.4. The molecule has 0 amide bonds. The third-order valence-corrected chi connectivity index (χ3v) is 8.76. The lowest BCUT2D eigenvalue weighted by atomic mass is 9.92. The fraction of sp³-hybridized carbons (Fsp3) is 0.379. The number of likely N-dealkylation sites (N-methyl/N-ethyl adjacent to an activating group) is 1. The third kappa shape index (κ3) is 3.77. The van der Waals surface area contributed by atoms with Crippen molar-refractivity contribution in [3.05, 3.63) is 53.3 Å². The predicted molar refractivity (Wildman–Crippen MR) is 151 cm³/mol. The lowest BCUT2D eigenvalue weighted by Crippen LogP contribution is -2.61. The molecule has 1 unspecified atom stereocenters. The summed E-state index contributed by atoms with van der Waals surface area (Å²) in [6.45, 7) is 3.31. The predicted octanol–water partition coefficient (Wildman–Crippen LogP) is 4.64. The van der Waals surface area contributed by atoms with Crippen LogP contribution in [0.5, 0.6) is 5.75 Å². The van der Waals surface area contributed by atoms with E-state index in [2.05, 4.69) is 34.1 Å². The second-order valence-electron chi connectivity index (χ2n) is 11.0. The Morgan fingerprint density at radius 3 is 2.58 bits per heavy atom. The normalized spacial score (nSPS) is 21.6. The van der Waals surface area contributed by atoms with Crippen LogP contribution >= 0.6 is 11.6 Å². The number of nitrogens with one attached hydrogen (secondary N) is 1. The van der Waals surface area contributed by atoms with Gasteiger partial charge in [0.2, 0.25) is 5.95 Å². The van der Waals surface area contributed by atoms with Gasteiger partial charge in [-0.2, -0.15) is 4.98 Å². The molecule has 2 bridgehead atoms. The van der Waals surface area contributed by atoms with E-state index in [1.54, 1.807) is 12.1 Å². The Morgan fingerprint density at radius 2 is 1.87 bits per heavy atom. The molecule has 196 valence electrons. The van der Waals surface area contributed by atoms with Crippen LogP contribution in [-0.2, 0) is 0 Å². The lowest BCUT2D eigenvalue weighted by molar-refractivity contribution is 0.245. The molecule has 0 radical (unpaired) electrons. The summed E-state index contributed by atoms with van der Waals surface area (Å²) in [5.74, 6) is 0.874. The average Bonchev–Trinajstić information content (AvgIpc) is 2.88. The SMILES string of the molecule is CN(C)C1CN(c2nc(N3C[C@H]4CCC3CN4)c3cc(Cl)c(-c4cc(O)cc5ccccc45)c(F)c3n2)C1. The number of hydrogen-bond donors (Lipinski definition) is 2. The molecule has 38 heavy (non-hydrogen) atoms. The Labute approximate surface area is 225 Å². The number of aromatic hydroxyl groups is 1. The maximum atomic E-state index is 16.7. The number of fused-ring (bicyclic) bond motifs is 5. The fourth-order valence-corrected chi connectivity index (χ4v) is 6.48. The summed E-state index contributed by atoms with van der Waals surface area (Å²) in [6.07, 6.45) is 2.21. The molecule has 1 aromatic heterocycles. The van der Waals surface area contributed by atoms with Crippen molar-refractivity contribution in [2.45, 2.75) is 31.0 Å². The van der Waals surface area contributed by atoms with Gasteiger partial charge in [0.05, 0.1) is 5.02 Å². The molecule has 7 nitrogen and oxygen atoms in total. The number of rotatable bonds is 4. The number of benzene rings is 3. The highest BCUT2D eigenvalue weighted by Crippen LogP contribution is 2.43. The first-order valence-electron chi connectivity index (χ1n) is 13.2. The number of anilines is 2. The highest BCUT2D eigenvalue weighted by molar-refractivity contribution is 6.35. The summed E-state index contributed by atoms with van der Waals surface area (Å²) in [7, 11) is 4.14. The molecule has 4 aromatic rings. The van der Waals surface area contributed by atoms with Gasteiger partial charge in [0.1, 0.15) is 17.1 Å². The highest BCUT2D eigenvalue weighted by atomic mass is 35.5. The van der Waals surface area contributed by atoms with E-state index in [4.69, 9.17) is 21.6 Å². The largest absolute Gasteiger partial charge is 0.508 e. The van der Waals surface area contributed by atoms with Crippen LogP contribution in [0.15, 0.2) is 42.5 Å². The van der Waals surface area contributed by atoms with Gasteiger partial charge in [-0.05, 0) is 61.5 Å². The zero-order chi connectivity index (χ0) is 26.1. The maximum Gasteiger partial charge on any atom is 0.228 e. The number of hydrogen-bond acceptors (Lipinski definition) is 7. The number of halogens is 2. The summed E-state index contributed by atoms with van der Waals surface area (Å²) in [5, 5.41) is 16.6. The smallest absolute Gasteiger partial charge is 0.228 e. The van der Waals surface area contributed by atoms with Crippen molar-refractivity contribution in [3.8, 4) is 16.9 Å². The van der Waals surface area contributed by atoms with E-state index < -0.39 is 5.82 Å². The number of piperazine rings is 1. The number of aromatic nitrogens is 2. The first-order valence-corrected chi connectivity index (χ1v) is 13.6. The highest BCUT2D eigenvalue weighted by Gasteiger charge is 2.37. The van der Waals surface area contributed by atoms with E-state index in [9.17, 15) is 5.11 Å². The third-order valence-electron chi connectivity index (χ3n) is 8.46. The summed E-state index contributed by atoms with van der Waals surface area (Å²) < 4.78 is 16.7. The van der Waals surface area contributed by atoms with Gasteiger partial charge in [-0.15, -0.1) is 0 Å². The minimum Gasteiger partial charge on any atom is -0.508 e. The molecule has 8 rings (SSSR count). The zero-order valence-corrected chi connectivity index (χ0v) is 22.2. The van der Waals surface area contributed by atoms with Gasteiger partial charge >= 0.3 is 0 Å². The number of phenols is 1. The molecule has 2 N–H and O–H groups in total. The molecule has 0 saturated carbocycles. The van der Waals surface area contributed by atoms with Crippen molar-refractivity contribution in [1.82, 2.24) is 20.2 Å². The Balaban J connectivity index is 1.44. The van der Waals surface area contributed by atoms with Crippen LogP contribution < -0.4 is 15.1 Å². The van der Waals surface area contributed by atoms with Gasteiger partial charge in [-0.3, -0.25) is 0 Å². The van der Waals surface area contributed by atoms with Gasteiger partial charge in [0.15, 0.2) is 5.82 Å². The quantitative estimate of drug-likeness (QED) is 0.397. The van der Waals surface area contributed by atoms with E-state index in [-0.39, 0.29) is 21.9 Å². The Bertz CT molecular complexity index is 1560. The van der Waals surface area contributed by atoms with Crippen LogP contribution in [0.4, 0.5) is 16.2 Å². The van der Waals surface area contributed by atoms with Crippen molar-refractivity contribution in [3.63, 3.8) is 0 Å². The summed E-state index contributed by atoms with van der Waals surface area (Å²) in [6, 6.07) is 13.8. The first-order chi connectivity index (χ1) is 18.4. The van der Waals surface area contributed by atoms with E-state index in [0.717, 1.165) is 55.6 Å². The van der Waals surface area contributed by atoms with Gasteiger partial charge in [0.25, 0.3) is 0 Å². The van der Waals surface area contributed by atoms with Gasteiger partial charge in [-0.1, -0.05) is 35.9 Å². The van der Waals surface area contributed by atoms with Crippen LogP contribution in [0, 0.1) is 5.82 Å². The minimum absolute atomic E-state index is 0.0606. The molecule has 0 aliphatic carbocycles. The van der Waals surface area contributed by atoms with Crippen LogP contribution in [0.3, 0.4) is 0 Å². The molecule has 3 aromatic carbocycles. The molecular weight excluding hydrogens is 503 g/mol.